The maximum atomic E-state index is 14.2. The van der Waals surface area contributed by atoms with Crippen LogP contribution in [0.25, 0.3) is 0 Å². The van der Waals surface area contributed by atoms with Crippen LogP contribution in [-0.4, -0.2) is 50.6 Å². The number of anilines is 1. The smallest absolute Gasteiger partial charge is 0.191 e. The van der Waals surface area contributed by atoms with E-state index in [1.165, 1.54) is 5.56 Å². The summed E-state index contributed by atoms with van der Waals surface area (Å²) in [6, 6.07) is 16.9. The van der Waals surface area contributed by atoms with Gasteiger partial charge in [-0.05, 0) is 43.0 Å². The summed E-state index contributed by atoms with van der Waals surface area (Å²) in [5, 5.41) is 6.86. The molecular weight excluding hydrogens is 504 g/mol. The number of benzene rings is 2. The lowest BCUT2D eigenvalue weighted by atomic mass is 9.97. The molecule has 1 fully saturated rings. The zero-order valence-electron chi connectivity index (χ0n) is 18.9. The zero-order chi connectivity index (χ0) is 21.5. The molecule has 0 radical (unpaired) electrons. The maximum absolute atomic E-state index is 14.2. The van der Waals surface area contributed by atoms with Crippen molar-refractivity contribution in [1.82, 2.24) is 15.5 Å². The van der Waals surface area contributed by atoms with Gasteiger partial charge >= 0.3 is 0 Å². The van der Waals surface area contributed by atoms with E-state index in [2.05, 4.69) is 57.8 Å². The van der Waals surface area contributed by atoms with Crippen LogP contribution in [0, 0.1) is 5.82 Å². The highest BCUT2D eigenvalue weighted by Crippen LogP contribution is 2.20. The largest absolute Gasteiger partial charge is 0.375 e. The first-order valence-electron chi connectivity index (χ1n) is 10.7. The molecule has 1 heterocycles. The molecule has 0 amide bonds. The number of nitrogens with one attached hydrogen (secondary N) is 2. The normalized spacial score (nSPS) is 19.5. The van der Waals surface area contributed by atoms with Gasteiger partial charge in [-0.2, -0.15) is 0 Å². The van der Waals surface area contributed by atoms with Gasteiger partial charge < -0.3 is 15.5 Å². The number of hydrogen-bond donors (Lipinski definition) is 2. The number of rotatable bonds is 6. The molecule has 1 saturated heterocycles. The highest BCUT2D eigenvalue weighted by atomic mass is 127. The van der Waals surface area contributed by atoms with Crippen LogP contribution in [0.2, 0.25) is 0 Å². The van der Waals surface area contributed by atoms with Crippen molar-refractivity contribution in [2.24, 2.45) is 4.99 Å². The topological polar surface area (TPSA) is 42.9 Å². The minimum atomic E-state index is -0.207. The predicted molar refractivity (Wildman–Crippen MR) is 139 cm³/mol. The lowest BCUT2D eigenvalue weighted by molar-refractivity contribution is 0.134. The molecule has 1 aliphatic rings. The first-order chi connectivity index (χ1) is 14.5. The van der Waals surface area contributed by atoms with Crippen LogP contribution in [0.1, 0.15) is 30.9 Å². The van der Waals surface area contributed by atoms with Crippen LogP contribution in [0.4, 0.5) is 10.1 Å². The molecule has 0 bridgehead atoms. The molecule has 0 aliphatic carbocycles. The Morgan fingerprint density at radius 2 is 1.90 bits per heavy atom. The number of halogens is 2. The van der Waals surface area contributed by atoms with Crippen LogP contribution < -0.4 is 15.5 Å². The minimum Gasteiger partial charge on any atom is -0.375 e. The van der Waals surface area contributed by atoms with Crippen LogP contribution in [-0.2, 0) is 13.1 Å². The Hall–Kier alpha value is -1.87. The van der Waals surface area contributed by atoms with Crippen LogP contribution in [0.3, 0.4) is 0 Å². The fourth-order valence-electron chi connectivity index (χ4n) is 4.00. The van der Waals surface area contributed by atoms with Crippen molar-refractivity contribution in [2.45, 2.75) is 44.9 Å². The molecule has 1 aliphatic heterocycles. The molecule has 0 saturated carbocycles. The van der Waals surface area contributed by atoms with Crippen LogP contribution in [0.15, 0.2) is 53.5 Å². The molecule has 31 heavy (non-hydrogen) atoms. The molecule has 7 heteroatoms. The van der Waals surface area contributed by atoms with E-state index in [-0.39, 0.29) is 29.8 Å². The highest BCUT2D eigenvalue weighted by molar-refractivity contribution is 14.0. The van der Waals surface area contributed by atoms with E-state index in [1.807, 2.05) is 26.2 Å². The molecule has 3 rings (SSSR count). The summed E-state index contributed by atoms with van der Waals surface area (Å²) in [5.74, 6) is 0.558. The van der Waals surface area contributed by atoms with Crippen LogP contribution >= 0.6 is 24.0 Å². The number of nitrogens with zero attached hydrogens (tertiary/aromatic N) is 3. The van der Waals surface area contributed by atoms with Crippen molar-refractivity contribution in [3.8, 4) is 0 Å². The summed E-state index contributed by atoms with van der Waals surface area (Å²) in [6.45, 7) is 4.88. The Bertz CT molecular complexity index is 843. The molecule has 5 nitrogen and oxygen atoms in total. The fraction of sp³-hybridized carbons (Fsp3) is 0.458. The minimum absolute atomic E-state index is 0. The summed E-state index contributed by atoms with van der Waals surface area (Å²) in [4.78, 5) is 8.67. The van der Waals surface area contributed by atoms with E-state index in [4.69, 9.17) is 0 Å². The second-order valence-corrected chi connectivity index (χ2v) is 8.28. The van der Waals surface area contributed by atoms with Gasteiger partial charge in [0.05, 0.1) is 5.69 Å². The average molecular weight is 539 g/mol. The van der Waals surface area contributed by atoms with Crippen molar-refractivity contribution in [3.05, 3.63) is 65.5 Å². The van der Waals surface area contributed by atoms with E-state index in [1.54, 1.807) is 18.0 Å². The molecule has 0 spiro atoms. The SMILES string of the molecule is CN=C(NCc1ccc(N(C)C)c(F)c1)NC1CCN(Cc2ccccc2)C(C)C1.I. The van der Waals surface area contributed by atoms with E-state index in [0.717, 1.165) is 37.5 Å². The van der Waals surface area contributed by atoms with Crippen molar-refractivity contribution in [3.63, 3.8) is 0 Å². The summed E-state index contributed by atoms with van der Waals surface area (Å²) in [5.41, 5.74) is 2.85. The van der Waals surface area contributed by atoms with Gasteiger partial charge in [-0.1, -0.05) is 36.4 Å². The van der Waals surface area contributed by atoms with Gasteiger partial charge in [-0.25, -0.2) is 4.39 Å². The summed E-state index contributed by atoms with van der Waals surface area (Å²) in [7, 11) is 5.46. The molecule has 2 atom stereocenters. The third-order valence-corrected chi connectivity index (χ3v) is 5.76. The van der Waals surface area contributed by atoms with Gasteiger partial charge in [-0.3, -0.25) is 9.89 Å². The van der Waals surface area contributed by atoms with Gasteiger partial charge in [0.15, 0.2) is 5.96 Å². The fourth-order valence-corrected chi connectivity index (χ4v) is 4.00. The van der Waals surface area contributed by atoms with E-state index in [9.17, 15) is 4.39 Å². The highest BCUT2D eigenvalue weighted by Gasteiger charge is 2.25. The molecule has 2 aromatic carbocycles. The van der Waals surface area contributed by atoms with Gasteiger partial charge in [0.1, 0.15) is 5.82 Å². The third kappa shape index (κ3) is 7.35. The maximum Gasteiger partial charge on any atom is 0.191 e. The Kier molecular flexibility index (Phi) is 10.0. The Morgan fingerprint density at radius 1 is 1.16 bits per heavy atom. The van der Waals surface area contributed by atoms with Crippen molar-refractivity contribution in [2.75, 3.05) is 32.6 Å². The monoisotopic (exact) mass is 539 g/mol. The molecule has 2 aromatic rings. The zero-order valence-corrected chi connectivity index (χ0v) is 21.3. The van der Waals surface area contributed by atoms with E-state index < -0.39 is 0 Å². The van der Waals surface area contributed by atoms with Crippen molar-refractivity contribution < 1.29 is 4.39 Å². The lowest BCUT2D eigenvalue weighted by Gasteiger charge is -2.38. The van der Waals surface area contributed by atoms with Gasteiger partial charge in [-0.15, -0.1) is 24.0 Å². The summed E-state index contributed by atoms with van der Waals surface area (Å²) < 4.78 is 14.2. The molecule has 0 aromatic heterocycles. The molecular formula is C24H35FIN5. The summed E-state index contributed by atoms with van der Waals surface area (Å²) in [6.07, 6.45) is 2.14. The Labute approximate surface area is 203 Å². The quantitative estimate of drug-likeness (QED) is 0.328. The number of aliphatic imine (C=N–C) groups is 1. The Balaban J connectivity index is 0.00000341. The lowest BCUT2D eigenvalue weighted by Crippen LogP contribution is -2.51. The average Bonchev–Trinajstić information content (AvgIpc) is 2.73. The number of hydrogen-bond acceptors (Lipinski definition) is 3. The van der Waals surface area contributed by atoms with Crippen LogP contribution in [0.5, 0.6) is 0 Å². The number of likely N-dealkylation sites (tertiary alicyclic amines) is 1. The first kappa shape index (κ1) is 25.4. The van der Waals surface area contributed by atoms with Gasteiger partial charge in [0.25, 0.3) is 0 Å². The van der Waals surface area contributed by atoms with E-state index >= 15 is 0 Å². The van der Waals surface area contributed by atoms with Crippen molar-refractivity contribution in [1.29, 1.82) is 0 Å². The number of guanidine groups is 1. The predicted octanol–water partition coefficient (Wildman–Crippen LogP) is 4.23. The molecule has 2 N–H and O–H groups in total. The summed E-state index contributed by atoms with van der Waals surface area (Å²) >= 11 is 0. The third-order valence-electron chi connectivity index (χ3n) is 5.76. The Morgan fingerprint density at radius 3 is 2.52 bits per heavy atom. The first-order valence-corrected chi connectivity index (χ1v) is 10.7. The second kappa shape index (κ2) is 12.2. The standard InChI is InChI=1S/C24H34FN5.HI/c1-18-14-21(12-13-30(18)17-19-8-6-5-7-9-19)28-24(26-2)27-16-20-10-11-23(29(3)4)22(25)15-20;/h5-11,15,18,21H,12-14,16-17H2,1-4H3,(H2,26,27,28);1H. The van der Waals surface area contributed by atoms with Crippen molar-refractivity contribution >= 4 is 35.6 Å². The molecule has 170 valence electrons. The molecule has 2 unspecified atom stereocenters. The number of piperidine rings is 1. The van der Waals surface area contributed by atoms with E-state index in [0.29, 0.717) is 24.3 Å². The second-order valence-electron chi connectivity index (χ2n) is 8.28. The van der Waals surface area contributed by atoms with Gasteiger partial charge in [0, 0.05) is 52.9 Å². The van der Waals surface area contributed by atoms with Gasteiger partial charge in [0.2, 0.25) is 0 Å².